The van der Waals surface area contributed by atoms with E-state index in [-0.39, 0.29) is 11.4 Å². The lowest BCUT2D eigenvalue weighted by Gasteiger charge is -2.17. The molecule has 0 atom stereocenters. The van der Waals surface area contributed by atoms with E-state index in [1.54, 1.807) is 0 Å². The highest BCUT2D eigenvalue weighted by molar-refractivity contribution is 5.87. The van der Waals surface area contributed by atoms with Crippen molar-refractivity contribution in [3.63, 3.8) is 0 Å². The molecule has 0 saturated heterocycles. The van der Waals surface area contributed by atoms with Gasteiger partial charge in [-0.1, -0.05) is 30.3 Å². The third-order valence-electron chi connectivity index (χ3n) is 3.03. The van der Waals surface area contributed by atoms with E-state index < -0.39 is 5.97 Å². The van der Waals surface area contributed by atoms with Gasteiger partial charge in [0.05, 0.1) is 5.56 Å². The number of carboxylic acid groups (broad SMARTS) is 1. The van der Waals surface area contributed by atoms with Gasteiger partial charge >= 0.3 is 5.97 Å². The van der Waals surface area contributed by atoms with Crippen LogP contribution in [0.15, 0.2) is 48.5 Å². The first-order chi connectivity index (χ1) is 9.56. The zero-order valence-electron chi connectivity index (χ0n) is 11.2. The number of carboxylic acids is 1. The highest BCUT2D eigenvalue weighted by Gasteiger charge is 2.10. The molecule has 0 fully saturated rings. The van der Waals surface area contributed by atoms with Crippen molar-refractivity contribution in [3.05, 3.63) is 71.0 Å². The average Bonchev–Trinajstić information content (AvgIpc) is 2.42. The van der Waals surface area contributed by atoms with Crippen LogP contribution in [0.2, 0.25) is 0 Å². The Labute approximate surface area is 117 Å². The third kappa shape index (κ3) is 3.65. The van der Waals surface area contributed by atoms with E-state index >= 15 is 0 Å². The molecule has 2 aromatic rings. The Morgan fingerprint density at radius 1 is 1.15 bits per heavy atom. The number of hydrogen-bond donors (Lipinski definition) is 1. The summed E-state index contributed by atoms with van der Waals surface area (Å²) in [4.78, 5) is 12.8. The van der Waals surface area contributed by atoms with Gasteiger partial charge in [-0.05, 0) is 30.8 Å². The van der Waals surface area contributed by atoms with E-state index in [4.69, 9.17) is 5.11 Å². The predicted molar refractivity (Wildman–Crippen MR) is 75.0 cm³/mol. The van der Waals surface area contributed by atoms with Crippen molar-refractivity contribution >= 4 is 5.97 Å². The summed E-state index contributed by atoms with van der Waals surface area (Å²) in [6, 6.07) is 13.7. The predicted octanol–water partition coefficient (Wildman–Crippen LogP) is 3.16. The minimum absolute atomic E-state index is 0.106. The smallest absolute Gasteiger partial charge is 0.335 e. The van der Waals surface area contributed by atoms with Crippen molar-refractivity contribution in [1.29, 1.82) is 0 Å². The highest BCUT2D eigenvalue weighted by atomic mass is 19.1. The van der Waals surface area contributed by atoms with Crippen LogP contribution in [0.4, 0.5) is 4.39 Å². The fourth-order valence-electron chi connectivity index (χ4n) is 2.07. The van der Waals surface area contributed by atoms with Gasteiger partial charge in [0, 0.05) is 18.7 Å². The van der Waals surface area contributed by atoms with Crippen LogP contribution in [-0.4, -0.2) is 23.0 Å². The Hall–Kier alpha value is -2.20. The summed E-state index contributed by atoms with van der Waals surface area (Å²) in [7, 11) is 1.87. The quantitative estimate of drug-likeness (QED) is 0.909. The number of carbonyl (C=O) groups is 1. The van der Waals surface area contributed by atoms with E-state index in [0.717, 1.165) is 5.56 Å². The monoisotopic (exact) mass is 273 g/mol. The summed E-state index contributed by atoms with van der Waals surface area (Å²) in [6.07, 6.45) is 0. The van der Waals surface area contributed by atoms with E-state index in [0.29, 0.717) is 18.7 Å². The lowest BCUT2D eigenvalue weighted by molar-refractivity contribution is 0.0696. The summed E-state index contributed by atoms with van der Waals surface area (Å²) < 4.78 is 13.7. The zero-order chi connectivity index (χ0) is 14.5. The fourth-order valence-corrected chi connectivity index (χ4v) is 2.07. The van der Waals surface area contributed by atoms with Crippen LogP contribution < -0.4 is 0 Å². The molecule has 3 nitrogen and oxygen atoms in total. The maximum atomic E-state index is 13.7. The normalized spacial score (nSPS) is 10.8. The molecule has 0 spiro atoms. The van der Waals surface area contributed by atoms with Crippen molar-refractivity contribution < 1.29 is 14.3 Å². The number of halogens is 1. The minimum Gasteiger partial charge on any atom is -0.478 e. The zero-order valence-corrected chi connectivity index (χ0v) is 11.2. The second-order valence-electron chi connectivity index (χ2n) is 4.77. The minimum atomic E-state index is -1.04. The van der Waals surface area contributed by atoms with Crippen LogP contribution in [-0.2, 0) is 13.1 Å². The van der Waals surface area contributed by atoms with Crippen LogP contribution in [0.5, 0.6) is 0 Å². The van der Waals surface area contributed by atoms with Crippen LogP contribution in [0.3, 0.4) is 0 Å². The summed E-state index contributed by atoms with van der Waals surface area (Å²) in [6.45, 7) is 1.04. The van der Waals surface area contributed by atoms with E-state index in [1.165, 1.54) is 18.2 Å². The first kappa shape index (κ1) is 14.2. The van der Waals surface area contributed by atoms with Gasteiger partial charge in [-0.2, -0.15) is 0 Å². The molecular formula is C16H16FNO2. The number of rotatable bonds is 5. The standard InChI is InChI=1S/C16H16FNO2/c1-18(10-12-5-3-2-4-6-12)11-14-9-13(16(19)20)7-8-15(14)17/h2-9H,10-11H2,1H3,(H,19,20). The SMILES string of the molecule is CN(Cc1ccccc1)Cc1cc(C(=O)O)ccc1F. The molecule has 0 aliphatic heterocycles. The molecule has 0 bridgehead atoms. The second kappa shape index (κ2) is 6.30. The van der Waals surface area contributed by atoms with Crippen molar-refractivity contribution in [1.82, 2.24) is 4.90 Å². The van der Waals surface area contributed by atoms with E-state index in [2.05, 4.69) is 0 Å². The number of hydrogen-bond acceptors (Lipinski definition) is 2. The molecule has 4 heteroatoms. The van der Waals surface area contributed by atoms with Gasteiger partial charge in [-0.15, -0.1) is 0 Å². The molecule has 0 aromatic heterocycles. The molecule has 2 rings (SSSR count). The van der Waals surface area contributed by atoms with Gasteiger partial charge in [-0.25, -0.2) is 9.18 Å². The molecule has 2 aromatic carbocycles. The van der Waals surface area contributed by atoms with Crippen molar-refractivity contribution in [2.24, 2.45) is 0 Å². The highest BCUT2D eigenvalue weighted by Crippen LogP contribution is 2.14. The molecule has 0 amide bonds. The molecule has 0 heterocycles. The van der Waals surface area contributed by atoms with Crippen LogP contribution >= 0.6 is 0 Å². The molecule has 0 aliphatic rings. The van der Waals surface area contributed by atoms with Gasteiger partial charge < -0.3 is 5.11 Å². The Morgan fingerprint density at radius 2 is 1.85 bits per heavy atom. The van der Waals surface area contributed by atoms with Gasteiger partial charge in [0.2, 0.25) is 0 Å². The topological polar surface area (TPSA) is 40.5 Å². The van der Waals surface area contributed by atoms with Gasteiger partial charge in [-0.3, -0.25) is 4.90 Å². The Kier molecular flexibility index (Phi) is 4.48. The van der Waals surface area contributed by atoms with E-state index in [1.807, 2.05) is 42.3 Å². The van der Waals surface area contributed by atoms with Gasteiger partial charge in [0.1, 0.15) is 5.82 Å². The lowest BCUT2D eigenvalue weighted by atomic mass is 10.1. The van der Waals surface area contributed by atoms with Crippen LogP contribution in [0, 0.1) is 5.82 Å². The molecule has 0 unspecified atom stereocenters. The lowest BCUT2D eigenvalue weighted by Crippen LogP contribution is -2.18. The van der Waals surface area contributed by atoms with Crippen LogP contribution in [0.25, 0.3) is 0 Å². The largest absolute Gasteiger partial charge is 0.478 e. The van der Waals surface area contributed by atoms with Crippen LogP contribution in [0.1, 0.15) is 21.5 Å². The molecule has 0 aliphatic carbocycles. The Morgan fingerprint density at radius 3 is 2.50 bits per heavy atom. The number of nitrogens with zero attached hydrogens (tertiary/aromatic N) is 1. The average molecular weight is 273 g/mol. The first-order valence-corrected chi connectivity index (χ1v) is 6.30. The summed E-state index contributed by atoms with van der Waals surface area (Å²) in [5.74, 6) is -1.42. The fraction of sp³-hybridized carbons (Fsp3) is 0.188. The van der Waals surface area contributed by atoms with E-state index in [9.17, 15) is 9.18 Å². The maximum absolute atomic E-state index is 13.7. The van der Waals surface area contributed by atoms with Crippen molar-refractivity contribution in [2.45, 2.75) is 13.1 Å². The van der Waals surface area contributed by atoms with Gasteiger partial charge in [0.25, 0.3) is 0 Å². The molecular weight excluding hydrogens is 257 g/mol. The molecule has 20 heavy (non-hydrogen) atoms. The number of aromatic carboxylic acids is 1. The Balaban J connectivity index is 2.09. The maximum Gasteiger partial charge on any atom is 0.335 e. The molecule has 104 valence electrons. The Bertz CT molecular complexity index is 599. The second-order valence-corrected chi connectivity index (χ2v) is 4.77. The van der Waals surface area contributed by atoms with Crippen molar-refractivity contribution in [2.75, 3.05) is 7.05 Å². The van der Waals surface area contributed by atoms with Gasteiger partial charge in [0.15, 0.2) is 0 Å². The summed E-state index contributed by atoms with van der Waals surface area (Å²) in [5.41, 5.74) is 1.63. The summed E-state index contributed by atoms with van der Waals surface area (Å²) in [5, 5.41) is 8.93. The summed E-state index contributed by atoms with van der Waals surface area (Å²) >= 11 is 0. The number of benzene rings is 2. The first-order valence-electron chi connectivity index (χ1n) is 6.30. The van der Waals surface area contributed by atoms with Crippen molar-refractivity contribution in [3.8, 4) is 0 Å². The third-order valence-corrected chi connectivity index (χ3v) is 3.03. The molecule has 0 radical (unpaired) electrons. The molecule has 0 saturated carbocycles. The molecule has 1 N–H and O–H groups in total.